The maximum absolute atomic E-state index is 14.5. The van der Waals surface area contributed by atoms with Crippen molar-refractivity contribution in [3.63, 3.8) is 0 Å². The zero-order valence-electron chi connectivity index (χ0n) is 19.8. The fourth-order valence-electron chi connectivity index (χ4n) is 4.55. The molecule has 2 unspecified atom stereocenters. The van der Waals surface area contributed by atoms with Crippen molar-refractivity contribution in [1.82, 2.24) is 9.13 Å². The third-order valence-corrected chi connectivity index (χ3v) is 7.10. The molecule has 37 heavy (non-hydrogen) atoms. The van der Waals surface area contributed by atoms with Crippen LogP contribution in [0, 0.1) is 5.82 Å². The second-order valence-corrected chi connectivity index (χ2v) is 9.23. The minimum Gasteiger partial charge on any atom is -0.478 e. The van der Waals surface area contributed by atoms with Crippen LogP contribution in [0.4, 0.5) is 17.6 Å². The first-order chi connectivity index (χ1) is 17.2. The summed E-state index contributed by atoms with van der Waals surface area (Å²) in [7, 11) is 2.91. The van der Waals surface area contributed by atoms with Crippen molar-refractivity contribution in [3.8, 4) is 11.1 Å². The Morgan fingerprint density at radius 1 is 0.946 bits per heavy atom. The van der Waals surface area contributed by atoms with Crippen LogP contribution in [-0.4, -0.2) is 31.5 Å². The van der Waals surface area contributed by atoms with E-state index in [0.29, 0.717) is 11.1 Å². The largest absolute Gasteiger partial charge is 0.478 e. The average Bonchev–Trinajstić information content (AvgIpc) is 3.05. The molecule has 2 atom stereocenters. The van der Waals surface area contributed by atoms with Crippen LogP contribution in [0.5, 0.6) is 0 Å². The van der Waals surface area contributed by atoms with Crippen molar-refractivity contribution in [1.29, 1.82) is 0 Å². The van der Waals surface area contributed by atoms with Gasteiger partial charge in [0.05, 0.1) is 16.6 Å². The van der Waals surface area contributed by atoms with Gasteiger partial charge in [0.2, 0.25) is 0 Å². The average molecular weight is 537 g/mol. The zero-order valence-corrected chi connectivity index (χ0v) is 20.5. The van der Waals surface area contributed by atoms with Gasteiger partial charge in [0.25, 0.3) is 0 Å². The monoisotopic (exact) mass is 536 g/mol. The van der Waals surface area contributed by atoms with Crippen molar-refractivity contribution in [2.24, 2.45) is 14.1 Å². The normalized spacial score (nSPS) is 14.5. The minimum atomic E-state index is -5.12. The quantitative estimate of drug-likeness (QED) is 0.326. The number of carbonyl (C=O) groups is 1. The molecule has 6 nitrogen and oxygen atoms in total. The highest BCUT2D eigenvalue weighted by molar-refractivity contribution is 6.31. The van der Waals surface area contributed by atoms with Gasteiger partial charge in [-0.1, -0.05) is 42.8 Å². The molecule has 3 aromatic carbocycles. The summed E-state index contributed by atoms with van der Waals surface area (Å²) in [5, 5.41) is 20.1. The van der Waals surface area contributed by atoms with E-state index in [1.807, 2.05) is 0 Å². The van der Waals surface area contributed by atoms with Crippen molar-refractivity contribution in [3.05, 3.63) is 92.6 Å². The molecule has 1 heterocycles. The van der Waals surface area contributed by atoms with Gasteiger partial charge in [-0.25, -0.2) is 14.0 Å². The lowest BCUT2D eigenvalue weighted by atomic mass is 9.77. The highest BCUT2D eigenvalue weighted by Gasteiger charge is 2.59. The number of halogens is 5. The standard InChI is InChI=1S/C26H21ClF4N2O4/c1-13(17-7-4-14(10-19(17)27)15-5-8-18(23(34)35)20(28)11-15)25(37,26(29,30)31)16-6-9-21-22(12-16)33(3)24(36)32(21)2/h4-13,37H,1-3H3,(H,34,35). The van der Waals surface area contributed by atoms with Crippen LogP contribution < -0.4 is 5.69 Å². The predicted molar refractivity (Wildman–Crippen MR) is 130 cm³/mol. The second-order valence-electron chi connectivity index (χ2n) is 8.83. The lowest BCUT2D eigenvalue weighted by Crippen LogP contribution is -2.46. The molecule has 194 valence electrons. The van der Waals surface area contributed by atoms with Crippen LogP contribution in [0.15, 0.2) is 59.4 Å². The van der Waals surface area contributed by atoms with E-state index in [-0.39, 0.29) is 21.7 Å². The molecule has 0 bridgehead atoms. The molecule has 0 spiro atoms. The molecule has 0 fully saturated rings. The van der Waals surface area contributed by atoms with E-state index >= 15 is 0 Å². The Morgan fingerprint density at radius 2 is 1.54 bits per heavy atom. The lowest BCUT2D eigenvalue weighted by Gasteiger charge is -2.37. The summed E-state index contributed by atoms with van der Waals surface area (Å²) in [6.07, 6.45) is -5.12. The van der Waals surface area contributed by atoms with Crippen LogP contribution in [-0.2, 0) is 19.7 Å². The van der Waals surface area contributed by atoms with Gasteiger partial charge in [-0.05, 0) is 52.6 Å². The minimum absolute atomic E-state index is 0.0186. The SMILES string of the molecule is CC(c1ccc(-c2ccc(C(=O)O)c(F)c2)cc1Cl)C(O)(c1ccc2c(c1)n(C)c(=O)n2C)C(F)(F)F. The number of alkyl halides is 3. The molecule has 4 aromatic rings. The van der Waals surface area contributed by atoms with Gasteiger partial charge in [-0.3, -0.25) is 9.13 Å². The number of aromatic nitrogens is 2. The van der Waals surface area contributed by atoms with Crippen LogP contribution in [0.25, 0.3) is 22.2 Å². The molecule has 11 heteroatoms. The number of benzene rings is 3. The van der Waals surface area contributed by atoms with Gasteiger partial charge < -0.3 is 10.2 Å². The number of carboxylic acids is 1. The first-order valence-corrected chi connectivity index (χ1v) is 11.3. The summed E-state index contributed by atoms with van der Waals surface area (Å²) < 4.78 is 60.1. The van der Waals surface area contributed by atoms with Crippen molar-refractivity contribution >= 4 is 28.6 Å². The molecule has 1 aromatic heterocycles. The van der Waals surface area contributed by atoms with Crippen molar-refractivity contribution in [2.75, 3.05) is 0 Å². The van der Waals surface area contributed by atoms with Gasteiger partial charge in [0.15, 0.2) is 5.60 Å². The first-order valence-electron chi connectivity index (χ1n) is 11.0. The fourth-order valence-corrected chi connectivity index (χ4v) is 4.90. The third-order valence-electron chi connectivity index (χ3n) is 6.77. The maximum atomic E-state index is 14.5. The lowest BCUT2D eigenvalue weighted by molar-refractivity contribution is -0.274. The highest BCUT2D eigenvalue weighted by atomic mass is 35.5. The van der Waals surface area contributed by atoms with Crippen LogP contribution in [0.2, 0.25) is 5.02 Å². The second kappa shape index (κ2) is 9.04. The van der Waals surface area contributed by atoms with Gasteiger partial charge in [0.1, 0.15) is 5.82 Å². The van der Waals surface area contributed by atoms with E-state index in [4.69, 9.17) is 16.7 Å². The number of aliphatic hydroxyl groups is 1. The molecule has 2 N–H and O–H groups in total. The summed E-state index contributed by atoms with van der Waals surface area (Å²) in [6, 6.07) is 11.1. The molecule has 0 saturated heterocycles. The number of rotatable bonds is 5. The van der Waals surface area contributed by atoms with E-state index < -0.39 is 46.3 Å². The number of fused-ring (bicyclic) bond motifs is 1. The van der Waals surface area contributed by atoms with E-state index in [9.17, 15) is 32.3 Å². The summed E-state index contributed by atoms with van der Waals surface area (Å²) >= 11 is 6.37. The topological polar surface area (TPSA) is 84.5 Å². The van der Waals surface area contributed by atoms with Crippen molar-refractivity contribution in [2.45, 2.75) is 24.6 Å². The Morgan fingerprint density at radius 3 is 2.11 bits per heavy atom. The molecule has 0 radical (unpaired) electrons. The fraction of sp³-hybridized carbons (Fsp3) is 0.231. The predicted octanol–water partition coefficient (Wildman–Crippen LogP) is 5.59. The number of nitrogens with zero attached hydrogens (tertiary/aromatic N) is 2. The van der Waals surface area contributed by atoms with E-state index in [0.717, 1.165) is 24.3 Å². The number of imidazole rings is 1. The van der Waals surface area contributed by atoms with Gasteiger partial charge in [-0.15, -0.1) is 0 Å². The van der Waals surface area contributed by atoms with Crippen LogP contribution in [0.3, 0.4) is 0 Å². The Balaban J connectivity index is 1.81. The smallest absolute Gasteiger partial charge is 0.422 e. The summed E-state index contributed by atoms with van der Waals surface area (Å²) in [5.41, 5.74) is -3.58. The van der Waals surface area contributed by atoms with Gasteiger partial charge in [0, 0.05) is 25.0 Å². The Kier molecular flexibility index (Phi) is 6.46. The number of hydrogen-bond donors (Lipinski definition) is 2. The molecule has 0 saturated carbocycles. The number of carboxylic acid groups (broad SMARTS) is 1. The number of aryl methyl sites for hydroxylation is 2. The van der Waals surface area contributed by atoms with Gasteiger partial charge in [-0.2, -0.15) is 13.2 Å². The Hall–Kier alpha value is -3.63. The summed E-state index contributed by atoms with van der Waals surface area (Å²) in [5.74, 6) is -4.00. The molecular formula is C26H21ClF4N2O4. The van der Waals surface area contributed by atoms with Crippen molar-refractivity contribution < 1.29 is 32.6 Å². The third kappa shape index (κ3) is 4.19. The number of hydrogen-bond acceptors (Lipinski definition) is 3. The molecular weight excluding hydrogens is 516 g/mol. The highest BCUT2D eigenvalue weighted by Crippen LogP contribution is 2.50. The summed E-state index contributed by atoms with van der Waals surface area (Å²) in [4.78, 5) is 23.3. The molecule has 0 aliphatic heterocycles. The number of aromatic carboxylic acids is 1. The van der Waals surface area contributed by atoms with E-state index in [1.165, 1.54) is 60.5 Å². The van der Waals surface area contributed by atoms with E-state index in [1.54, 1.807) is 0 Å². The Labute approximate surface area is 213 Å². The maximum Gasteiger partial charge on any atom is 0.422 e. The van der Waals surface area contributed by atoms with Crippen LogP contribution in [0.1, 0.15) is 34.3 Å². The molecule has 4 rings (SSSR count). The molecule has 0 amide bonds. The van der Waals surface area contributed by atoms with Gasteiger partial charge >= 0.3 is 17.8 Å². The zero-order chi connectivity index (χ0) is 27.4. The van der Waals surface area contributed by atoms with E-state index in [2.05, 4.69) is 0 Å². The Bertz CT molecular complexity index is 1610. The first kappa shape index (κ1) is 26.4. The summed E-state index contributed by atoms with van der Waals surface area (Å²) in [6.45, 7) is 1.18. The molecule has 0 aliphatic rings. The molecule has 0 aliphatic carbocycles. The van der Waals surface area contributed by atoms with Crippen LogP contribution >= 0.6 is 11.6 Å².